The second-order valence-electron chi connectivity index (χ2n) is 6.90. The Morgan fingerprint density at radius 3 is 2.91 bits per heavy atom. The first-order chi connectivity index (χ1) is 10.4. The normalized spacial score (nSPS) is 29.2. The van der Waals surface area contributed by atoms with Gasteiger partial charge in [-0.3, -0.25) is 9.59 Å². The van der Waals surface area contributed by atoms with Crippen molar-refractivity contribution in [1.29, 1.82) is 0 Å². The quantitative estimate of drug-likeness (QED) is 0.861. The highest BCUT2D eigenvalue weighted by molar-refractivity contribution is 6.14. The van der Waals surface area contributed by atoms with Crippen molar-refractivity contribution in [3.05, 3.63) is 24.5 Å². The zero-order valence-electron chi connectivity index (χ0n) is 12.7. The highest BCUT2D eigenvalue weighted by Gasteiger charge is 2.68. The van der Waals surface area contributed by atoms with E-state index in [0.29, 0.717) is 30.2 Å². The molecular weight excluding hydrogens is 280 g/mol. The van der Waals surface area contributed by atoms with Gasteiger partial charge in [-0.25, -0.2) is 9.50 Å². The molecule has 114 valence electrons. The second-order valence-corrected chi connectivity index (χ2v) is 6.90. The van der Waals surface area contributed by atoms with Crippen LogP contribution in [0.25, 0.3) is 5.65 Å². The lowest BCUT2D eigenvalue weighted by Crippen LogP contribution is -2.46. The average molecular weight is 298 g/mol. The standard InChI is InChI=1S/C16H18N4O2/c1-15(2)10-5-6-16(15,11(21)8-10)14(22)19-12-9-20-13(18-12)4-3-7-17-20/h3-4,7,9-10H,5-6,8H2,1-2H3,(H,19,22)/t10-,16+/m1/s1. The maximum absolute atomic E-state index is 12.9. The summed E-state index contributed by atoms with van der Waals surface area (Å²) in [5.74, 6) is 0.615. The third-order valence-electron chi connectivity index (χ3n) is 5.76. The molecule has 2 bridgehead atoms. The Balaban J connectivity index is 1.68. The van der Waals surface area contributed by atoms with Gasteiger partial charge in [0.2, 0.25) is 5.91 Å². The number of carbonyl (C=O) groups excluding carboxylic acids is 2. The van der Waals surface area contributed by atoms with Gasteiger partial charge in [-0.2, -0.15) is 5.10 Å². The van der Waals surface area contributed by atoms with E-state index in [-0.39, 0.29) is 17.1 Å². The van der Waals surface area contributed by atoms with Gasteiger partial charge in [0.1, 0.15) is 11.2 Å². The van der Waals surface area contributed by atoms with E-state index in [1.54, 1.807) is 23.0 Å². The van der Waals surface area contributed by atoms with E-state index in [1.807, 2.05) is 19.9 Å². The van der Waals surface area contributed by atoms with Crippen LogP contribution in [0.5, 0.6) is 0 Å². The fourth-order valence-electron chi connectivity index (χ4n) is 4.32. The van der Waals surface area contributed by atoms with Crippen molar-refractivity contribution in [3.8, 4) is 0 Å². The van der Waals surface area contributed by atoms with Gasteiger partial charge in [0.05, 0.1) is 6.20 Å². The summed E-state index contributed by atoms with van der Waals surface area (Å²) in [6, 6.07) is 3.61. The molecule has 2 atom stereocenters. The number of anilines is 1. The van der Waals surface area contributed by atoms with Crippen LogP contribution < -0.4 is 5.32 Å². The topological polar surface area (TPSA) is 76.4 Å². The summed E-state index contributed by atoms with van der Waals surface area (Å²) in [7, 11) is 0. The van der Waals surface area contributed by atoms with Crippen LogP contribution >= 0.6 is 0 Å². The monoisotopic (exact) mass is 298 g/mol. The number of Topliss-reactive ketones (excluding diaryl/α,β-unsaturated/α-hetero) is 1. The van der Waals surface area contributed by atoms with E-state index in [4.69, 9.17) is 0 Å². The van der Waals surface area contributed by atoms with Gasteiger partial charge in [-0.1, -0.05) is 13.8 Å². The summed E-state index contributed by atoms with van der Waals surface area (Å²) < 4.78 is 1.60. The van der Waals surface area contributed by atoms with E-state index in [2.05, 4.69) is 15.4 Å². The lowest BCUT2D eigenvalue weighted by atomic mass is 9.68. The molecule has 2 heterocycles. The zero-order chi connectivity index (χ0) is 15.5. The molecule has 1 N–H and O–H groups in total. The van der Waals surface area contributed by atoms with Crippen molar-refractivity contribution >= 4 is 23.2 Å². The van der Waals surface area contributed by atoms with E-state index in [0.717, 1.165) is 6.42 Å². The molecule has 0 unspecified atom stereocenters. The minimum absolute atomic E-state index is 0.0770. The van der Waals surface area contributed by atoms with Crippen LogP contribution in [0.15, 0.2) is 24.5 Å². The van der Waals surface area contributed by atoms with Crippen LogP contribution in [0, 0.1) is 16.7 Å². The number of imidazole rings is 1. The zero-order valence-corrected chi connectivity index (χ0v) is 12.7. The lowest BCUT2D eigenvalue weighted by Gasteiger charge is -2.34. The number of ketones is 1. The second kappa shape index (κ2) is 4.15. The summed E-state index contributed by atoms with van der Waals surface area (Å²) in [6.07, 6.45) is 5.43. The highest BCUT2D eigenvalue weighted by atomic mass is 16.2. The van der Waals surface area contributed by atoms with E-state index < -0.39 is 5.41 Å². The molecule has 1 amide bonds. The molecule has 0 aromatic carbocycles. The number of hydrogen-bond acceptors (Lipinski definition) is 4. The molecule has 4 rings (SSSR count). The molecular formula is C16H18N4O2. The number of nitrogens with one attached hydrogen (secondary N) is 1. The first kappa shape index (κ1) is 13.4. The van der Waals surface area contributed by atoms with Crippen LogP contribution in [-0.2, 0) is 9.59 Å². The van der Waals surface area contributed by atoms with Gasteiger partial charge in [-0.05, 0) is 36.3 Å². The first-order valence-corrected chi connectivity index (χ1v) is 7.60. The summed E-state index contributed by atoms with van der Waals surface area (Å²) in [6.45, 7) is 4.08. The van der Waals surface area contributed by atoms with Gasteiger partial charge in [0, 0.05) is 12.6 Å². The molecule has 2 aromatic rings. The predicted octanol–water partition coefficient (Wildman–Crippen LogP) is 2.06. The van der Waals surface area contributed by atoms with Crippen LogP contribution in [0.2, 0.25) is 0 Å². The van der Waals surface area contributed by atoms with Crippen molar-refractivity contribution in [1.82, 2.24) is 14.6 Å². The van der Waals surface area contributed by atoms with Crippen molar-refractivity contribution in [3.63, 3.8) is 0 Å². The van der Waals surface area contributed by atoms with Gasteiger partial charge in [0.15, 0.2) is 11.5 Å². The number of nitrogens with zero attached hydrogens (tertiary/aromatic N) is 3. The molecule has 0 radical (unpaired) electrons. The lowest BCUT2D eigenvalue weighted by molar-refractivity contribution is -0.141. The minimum atomic E-state index is -0.902. The van der Waals surface area contributed by atoms with Crippen LogP contribution in [0.1, 0.15) is 33.1 Å². The highest BCUT2D eigenvalue weighted by Crippen LogP contribution is 2.64. The van der Waals surface area contributed by atoms with Gasteiger partial charge in [0.25, 0.3) is 0 Å². The number of carbonyl (C=O) groups is 2. The number of aromatic nitrogens is 3. The molecule has 0 saturated heterocycles. The fraction of sp³-hybridized carbons (Fsp3) is 0.500. The number of fused-ring (bicyclic) bond motifs is 3. The third kappa shape index (κ3) is 1.50. The van der Waals surface area contributed by atoms with Gasteiger partial charge < -0.3 is 5.32 Å². The predicted molar refractivity (Wildman–Crippen MR) is 80.2 cm³/mol. The molecule has 6 nitrogen and oxygen atoms in total. The van der Waals surface area contributed by atoms with Crippen molar-refractivity contribution in [2.24, 2.45) is 16.7 Å². The molecule has 0 aliphatic heterocycles. The Morgan fingerprint density at radius 2 is 2.27 bits per heavy atom. The third-order valence-corrected chi connectivity index (χ3v) is 5.76. The molecule has 2 fully saturated rings. The van der Waals surface area contributed by atoms with Crippen molar-refractivity contribution in [2.45, 2.75) is 33.1 Å². The van der Waals surface area contributed by atoms with Crippen LogP contribution in [0.3, 0.4) is 0 Å². The first-order valence-electron chi connectivity index (χ1n) is 7.60. The molecule has 2 aromatic heterocycles. The molecule has 0 spiro atoms. The Bertz CT molecular complexity index is 761. The summed E-state index contributed by atoms with van der Waals surface area (Å²) in [4.78, 5) is 29.7. The maximum atomic E-state index is 12.9. The van der Waals surface area contributed by atoms with E-state index >= 15 is 0 Å². The molecule has 2 aliphatic rings. The molecule has 6 heteroatoms. The minimum Gasteiger partial charge on any atom is -0.308 e. The number of rotatable bonds is 2. The summed E-state index contributed by atoms with van der Waals surface area (Å²) >= 11 is 0. The van der Waals surface area contributed by atoms with Gasteiger partial charge >= 0.3 is 0 Å². The Hall–Kier alpha value is -2.24. The smallest absolute Gasteiger partial charge is 0.239 e. The summed E-state index contributed by atoms with van der Waals surface area (Å²) in [5.41, 5.74) is -0.524. The number of hydrogen-bond donors (Lipinski definition) is 1. The number of amides is 1. The Kier molecular flexibility index (Phi) is 2.53. The van der Waals surface area contributed by atoms with Gasteiger partial charge in [-0.15, -0.1) is 0 Å². The largest absolute Gasteiger partial charge is 0.308 e. The van der Waals surface area contributed by atoms with Crippen LogP contribution in [0.4, 0.5) is 5.82 Å². The molecule has 2 saturated carbocycles. The maximum Gasteiger partial charge on any atom is 0.239 e. The molecule has 2 aliphatic carbocycles. The molecule has 22 heavy (non-hydrogen) atoms. The Morgan fingerprint density at radius 1 is 1.45 bits per heavy atom. The van der Waals surface area contributed by atoms with E-state index in [9.17, 15) is 9.59 Å². The SMILES string of the molecule is CC1(C)[C@@H]2CC[C@@]1(C(=O)Nc1cn3ncccc3n1)C(=O)C2. The van der Waals surface area contributed by atoms with Crippen molar-refractivity contribution < 1.29 is 9.59 Å². The van der Waals surface area contributed by atoms with Crippen LogP contribution in [-0.4, -0.2) is 26.3 Å². The average Bonchev–Trinajstić information content (AvgIpc) is 3.04. The van der Waals surface area contributed by atoms with E-state index in [1.165, 1.54) is 0 Å². The Labute approximate surface area is 127 Å². The van der Waals surface area contributed by atoms with Crippen molar-refractivity contribution in [2.75, 3.05) is 5.32 Å². The summed E-state index contributed by atoms with van der Waals surface area (Å²) in [5, 5.41) is 6.98. The fourth-order valence-corrected chi connectivity index (χ4v) is 4.32.